The summed E-state index contributed by atoms with van der Waals surface area (Å²) >= 11 is 0. The van der Waals surface area contributed by atoms with Crippen molar-refractivity contribution >= 4 is 34.3 Å². The van der Waals surface area contributed by atoms with Crippen LogP contribution in [0.2, 0.25) is 0 Å². The van der Waals surface area contributed by atoms with E-state index < -0.39 is 11.9 Å². The maximum Gasteiger partial charge on any atom is 0.325 e. The number of rotatable bonds is 9. The molecule has 0 fully saturated rings. The molecule has 4 rings (SSSR count). The fourth-order valence-electron chi connectivity index (χ4n) is 4.34. The largest absolute Gasteiger partial charge is 0.492 e. The minimum Gasteiger partial charge on any atom is -0.492 e. The van der Waals surface area contributed by atoms with Crippen LogP contribution in [0, 0.1) is 5.41 Å². The first-order valence-corrected chi connectivity index (χ1v) is 12.1. The Labute approximate surface area is 221 Å². The minimum atomic E-state index is -0.495. The molecule has 0 radical (unpaired) electrons. The number of carbonyl (C=O) groups is 2. The number of carbonyl (C=O) groups excluding carboxylic acids is 2. The number of ether oxygens (including phenoxy) is 3. The van der Waals surface area contributed by atoms with E-state index in [1.807, 2.05) is 68.4 Å². The van der Waals surface area contributed by atoms with Gasteiger partial charge >= 0.3 is 11.9 Å². The molecule has 2 aromatic rings. The molecule has 198 valence electrons. The van der Waals surface area contributed by atoms with E-state index in [1.165, 1.54) is 14.2 Å². The second kappa shape index (κ2) is 11.2. The summed E-state index contributed by atoms with van der Waals surface area (Å²) in [7, 11) is 6.52. The van der Waals surface area contributed by atoms with Gasteiger partial charge in [0.2, 0.25) is 0 Å². The molecular weight excluding hydrogens is 486 g/mol. The molecule has 1 aliphatic carbocycles. The minimum absolute atomic E-state index is 0.152. The van der Waals surface area contributed by atoms with E-state index in [9.17, 15) is 9.59 Å². The predicted octanol–water partition coefficient (Wildman–Crippen LogP) is 4.30. The first-order valence-electron chi connectivity index (χ1n) is 12.1. The first kappa shape index (κ1) is 26.5. The van der Waals surface area contributed by atoms with Crippen molar-refractivity contribution in [2.75, 3.05) is 57.8 Å². The number of nitrogens with one attached hydrogen (secondary N) is 1. The quantitative estimate of drug-likeness (QED) is 0.259. The van der Waals surface area contributed by atoms with Crippen LogP contribution in [0.5, 0.6) is 5.75 Å². The van der Waals surface area contributed by atoms with Crippen LogP contribution < -0.4 is 19.9 Å². The Balaban J connectivity index is 1.94. The summed E-state index contributed by atoms with van der Waals surface area (Å²) in [5.41, 5.74) is 4.86. The van der Waals surface area contributed by atoms with Crippen molar-refractivity contribution in [2.45, 2.75) is 6.92 Å². The first-order chi connectivity index (χ1) is 18.2. The van der Waals surface area contributed by atoms with Gasteiger partial charge in [-0.15, -0.1) is 0 Å². The fraction of sp³-hybridized carbons (Fsp3) is 0.276. The summed E-state index contributed by atoms with van der Waals surface area (Å²) in [5, 5.41) is 9.36. The van der Waals surface area contributed by atoms with Gasteiger partial charge in [0.15, 0.2) is 0 Å². The molecule has 0 spiro atoms. The lowest BCUT2D eigenvalue weighted by atomic mass is 9.93. The van der Waals surface area contributed by atoms with Crippen LogP contribution >= 0.6 is 0 Å². The molecule has 0 unspecified atom stereocenters. The molecular formula is C29H31N3O6. The highest BCUT2D eigenvalue weighted by atomic mass is 16.5. The third kappa shape index (κ3) is 5.41. The van der Waals surface area contributed by atoms with Crippen molar-refractivity contribution in [3.63, 3.8) is 0 Å². The lowest BCUT2D eigenvalue weighted by Gasteiger charge is -2.25. The van der Waals surface area contributed by atoms with Gasteiger partial charge in [-0.05, 0) is 48.9 Å². The number of methoxy groups -OCH3 is 2. The van der Waals surface area contributed by atoms with E-state index in [0.717, 1.165) is 27.8 Å². The number of hydrogen-bond donors (Lipinski definition) is 1. The van der Waals surface area contributed by atoms with E-state index >= 15 is 0 Å². The summed E-state index contributed by atoms with van der Waals surface area (Å²) in [6, 6.07) is 17.0. The van der Waals surface area contributed by atoms with Crippen molar-refractivity contribution in [1.29, 1.82) is 5.41 Å². The highest BCUT2D eigenvalue weighted by molar-refractivity contribution is 6.03. The van der Waals surface area contributed by atoms with Gasteiger partial charge in [0.25, 0.3) is 0 Å². The molecule has 2 aromatic carbocycles. The smallest absolute Gasteiger partial charge is 0.325 e. The predicted molar refractivity (Wildman–Crippen MR) is 146 cm³/mol. The van der Waals surface area contributed by atoms with Gasteiger partial charge in [0.05, 0.1) is 31.9 Å². The average molecular weight is 518 g/mol. The molecule has 1 aliphatic heterocycles. The number of esters is 2. The van der Waals surface area contributed by atoms with E-state index in [-0.39, 0.29) is 13.1 Å². The van der Waals surface area contributed by atoms with Crippen molar-refractivity contribution in [2.24, 2.45) is 0 Å². The van der Waals surface area contributed by atoms with E-state index in [2.05, 4.69) is 0 Å². The third-order valence-corrected chi connectivity index (χ3v) is 6.21. The van der Waals surface area contributed by atoms with Crippen LogP contribution in [0.25, 0.3) is 33.4 Å². The van der Waals surface area contributed by atoms with Gasteiger partial charge < -0.3 is 33.8 Å². The molecule has 0 atom stereocenters. The Morgan fingerprint density at radius 2 is 1.63 bits per heavy atom. The van der Waals surface area contributed by atoms with Crippen molar-refractivity contribution in [1.82, 2.24) is 0 Å². The zero-order chi connectivity index (χ0) is 27.4. The van der Waals surface area contributed by atoms with E-state index in [1.54, 1.807) is 17.0 Å². The van der Waals surface area contributed by atoms with Gasteiger partial charge in [-0.2, -0.15) is 0 Å². The van der Waals surface area contributed by atoms with E-state index in [4.69, 9.17) is 24.0 Å². The molecule has 0 aromatic heterocycles. The van der Waals surface area contributed by atoms with Crippen LogP contribution in [0.3, 0.4) is 0 Å². The standard InChI is InChI=1S/C29H31N3O6/c1-6-37-26-13-18(7-12-23(26)32(16-27(33)35-4)17-28(34)36-5)29-21-10-8-19(30)14-24(21)38-25-15-20(31(2)3)9-11-22(25)29/h7-15,30H,6,16-17H2,1-5H3. The van der Waals surface area contributed by atoms with Crippen LogP contribution in [0.1, 0.15) is 6.92 Å². The molecule has 9 nitrogen and oxygen atoms in total. The van der Waals surface area contributed by atoms with Crippen LogP contribution in [-0.4, -0.2) is 59.9 Å². The molecule has 0 saturated heterocycles. The second-order valence-corrected chi connectivity index (χ2v) is 8.89. The van der Waals surface area contributed by atoms with Crippen LogP contribution in [-0.2, 0) is 19.1 Å². The van der Waals surface area contributed by atoms with Crippen molar-refractivity contribution < 1.29 is 28.2 Å². The maximum absolute atomic E-state index is 12.1. The van der Waals surface area contributed by atoms with Gasteiger partial charge in [0.1, 0.15) is 30.2 Å². The Morgan fingerprint density at radius 1 is 0.921 bits per heavy atom. The van der Waals surface area contributed by atoms with Crippen LogP contribution in [0.4, 0.5) is 11.4 Å². The number of hydrogen-bond acceptors (Lipinski definition) is 9. The Morgan fingerprint density at radius 3 is 2.26 bits per heavy atom. The van der Waals surface area contributed by atoms with E-state index in [0.29, 0.717) is 34.7 Å². The number of nitrogens with zero attached hydrogens (tertiary/aromatic N) is 2. The number of fused-ring (bicyclic) bond motifs is 2. The van der Waals surface area contributed by atoms with Crippen LogP contribution in [0.15, 0.2) is 59.0 Å². The molecule has 1 heterocycles. The normalized spacial score (nSPS) is 10.9. The maximum atomic E-state index is 12.1. The van der Waals surface area contributed by atoms with Crippen molar-refractivity contribution in [3.8, 4) is 28.2 Å². The molecule has 0 saturated carbocycles. The average Bonchev–Trinajstić information content (AvgIpc) is 2.90. The van der Waals surface area contributed by atoms with Crippen molar-refractivity contribution in [3.05, 3.63) is 60.0 Å². The molecule has 1 N–H and O–H groups in total. The van der Waals surface area contributed by atoms with Gasteiger partial charge in [0, 0.05) is 48.4 Å². The fourth-order valence-corrected chi connectivity index (χ4v) is 4.34. The summed E-state index contributed by atoms with van der Waals surface area (Å²) in [6.07, 6.45) is 0. The monoisotopic (exact) mass is 517 g/mol. The Hall–Kier alpha value is -4.53. The molecule has 9 heteroatoms. The van der Waals surface area contributed by atoms with Gasteiger partial charge in [-0.25, -0.2) is 0 Å². The molecule has 0 bridgehead atoms. The summed E-state index contributed by atoms with van der Waals surface area (Å²) in [4.78, 5) is 27.8. The topological polar surface area (TPSA) is 105 Å². The lowest BCUT2D eigenvalue weighted by Crippen LogP contribution is -2.36. The SMILES string of the molecule is CCOc1cc(-c2c3ccc(=N)cc-3oc3cc(N(C)C)ccc23)ccc1N(CC(=O)OC)CC(=O)OC. The Bertz CT molecular complexity index is 1490. The molecule has 38 heavy (non-hydrogen) atoms. The zero-order valence-electron chi connectivity index (χ0n) is 22.2. The van der Waals surface area contributed by atoms with Gasteiger partial charge in [-0.3, -0.25) is 9.59 Å². The zero-order valence-corrected chi connectivity index (χ0v) is 22.2. The lowest BCUT2D eigenvalue weighted by molar-refractivity contribution is -0.140. The summed E-state index contributed by atoms with van der Waals surface area (Å²) in [6.45, 7) is 1.94. The van der Waals surface area contributed by atoms with Gasteiger partial charge in [-0.1, -0.05) is 6.07 Å². The second-order valence-electron chi connectivity index (χ2n) is 8.89. The summed E-state index contributed by atoms with van der Waals surface area (Å²) < 4.78 is 21.9. The number of anilines is 2. The molecule has 0 amide bonds. The Kier molecular flexibility index (Phi) is 7.85. The number of benzene rings is 3. The highest BCUT2D eigenvalue weighted by Crippen LogP contribution is 2.43. The summed E-state index contributed by atoms with van der Waals surface area (Å²) in [5.74, 6) is 0.104. The highest BCUT2D eigenvalue weighted by Gasteiger charge is 2.23. The third-order valence-electron chi connectivity index (χ3n) is 6.21. The molecule has 2 aliphatic rings.